The Morgan fingerprint density at radius 1 is 1.43 bits per heavy atom. The lowest BCUT2D eigenvalue weighted by atomic mass is 9.77. The topological polar surface area (TPSA) is 92.4 Å². The molecule has 0 unspecified atom stereocenters. The zero-order valence-corrected chi connectivity index (χ0v) is 8.25. The normalized spacial score (nSPS) is 32.2. The Morgan fingerprint density at radius 3 is 2.29 bits per heavy atom. The number of aliphatic carboxylic acids is 1. The van der Waals surface area contributed by atoms with Gasteiger partial charge in [-0.05, 0) is 31.6 Å². The van der Waals surface area contributed by atoms with Gasteiger partial charge in [-0.1, -0.05) is 6.92 Å². The van der Waals surface area contributed by atoms with Gasteiger partial charge in [-0.15, -0.1) is 0 Å². The number of hydrogen-bond donors (Lipinski definition) is 3. The minimum atomic E-state index is -1.13. The minimum Gasteiger partial charge on any atom is -0.480 e. The molecule has 0 heterocycles. The Bertz CT molecular complexity index is 244. The summed E-state index contributed by atoms with van der Waals surface area (Å²) in [5, 5.41) is 11.4. The molecule has 0 radical (unpaired) electrons. The van der Waals surface area contributed by atoms with E-state index in [1.807, 2.05) is 0 Å². The van der Waals surface area contributed by atoms with Crippen LogP contribution in [0.25, 0.3) is 0 Å². The number of primary amides is 1. The molecule has 2 amide bonds. The minimum absolute atomic E-state index is 0.465. The van der Waals surface area contributed by atoms with Crippen LogP contribution in [0.4, 0.5) is 4.79 Å². The van der Waals surface area contributed by atoms with Gasteiger partial charge in [-0.2, -0.15) is 0 Å². The molecule has 0 aromatic rings. The molecule has 0 aromatic heterocycles. The fourth-order valence-electron chi connectivity index (χ4n) is 1.88. The molecule has 0 aliphatic heterocycles. The predicted octanol–water partition coefficient (Wildman–Crippen LogP) is 0.688. The van der Waals surface area contributed by atoms with Gasteiger partial charge < -0.3 is 16.2 Å². The van der Waals surface area contributed by atoms with Gasteiger partial charge >= 0.3 is 12.0 Å². The van der Waals surface area contributed by atoms with Crippen molar-refractivity contribution in [2.75, 3.05) is 0 Å². The van der Waals surface area contributed by atoms with Gasteiger partial charge in [0.1, 0.15) is 5.54 Å². The monoisotopic (exact) mass is 200 g/mol. The van der Waals surface area contributed by atoms with Crippen molar-refractivity contribution in [2.24, 2.45) is 11.7 Å². The molecule has 1 saturated carbocycles. The summed E-state index contributed by atoms with van der Waals surface area (Å²) in [5.41, 5.74) is 3.84. The van der Waals surface area contributed by atoms with Gasteiger partial charge in [0.15, 0.2) is 0 Å². The van der Waals surface area contributed by atoms with Crippen LogP contribution in [0.5, 0.6) is 0 Å². The molecular formula is C9H16N2O3. The molecule has 1 aliphatic carbocycles. The van der Waals surface area contributed by atoms with E-state index in [-0.39, 0.29) is 0 Å². The first kappa shape index (κ1) is 10.8. The van der Waals surface area contributed by atoms with E-state index >= 15 is 0 Å². The summed E-state index contributed by atoms with van der Waals surface area (Å²) in [6.45, 7) is 2.08. The zero-order chi connectivity index (χ0) is 10.8. The van der Waals surface area contributed by atoms with E-state index in [1.54, 1.807) is 0 Å². The molecule has 0 bridgehead atoms. The van der Waals surface area contributed by atoms with Crippen molar-refractivity contribution in [1.82, 2.24) is 5.32 Å². The summed E-state index contributed by atoms with van der Waals surface area (Å²) in [5.74, 6) is -0.458. The molecule has 0 aromatic carbocycles. The van der Waals surface area contributed by atoms with Gasteiger partial charge in [-0.25, -0.2) is 9.59 Å². The molecule has 0 saturated heterocycles. The number of amides is 2. The van der Waals surface area contributed by atoms with Gasteiger partial charge in [0.2, 0.25) is 0 Å². The number of hydrogen-bond acceptors (Lipinski definition) is 2. The number of carboxylic acids is 1. The number of carboxylic acid groups (broad SMARTS) is 1. The highest BCUT2D eigenvalue weighted by molar-refractivity contribution is 5.85. The Balaban J connectivity index is 2.73. The lowest BCUT2D eigenvalue weighted by molar-refractivity contribution is -0.146. The maximum absolute atomic E-state index is 11.0. The summed E-state index contributed by atoms with van der Waals surface area (Å²) in [6, 6.07) is -0.762. The van der Waals surface area contributed by atoms with Crippen LogP contribution in [0.1, 0.15) is 32.6 Å². The highest BCUT2D eigenvalue weighted by atomic mass is 16.4. The molecule has 80 valence electrons. The molecule has 4 N–H and O–H groups in total. The number of nitrogens with two attached hydrogens (primary N) is 1. The molecule has 1 fully saturated rings. The van der Waals surface area contributed by atoms with Crippen molar-refractivity contribution in [3.05, 3.63) is 0 Å². The van der Waals surface area contributed by atoms with Crippen molar-refractivity contribution >= 4 is 12.0 Å². The van der Waals surface area contributed by atoms with Gasteiger partial charge in [-0.3, -0.25) is 0 Å². The van der Waals surface area contributed by atoms with Crippen LogP contribution in [-0.2, 0) is 4.79 Å². The van der Waals surface area contributed by atoms with E-state index in [4.69, 9.17) is 10.8 Å². The third kappa shape index (κ3) is 2.16. The highest BCUT2D eigenvalue weighted by Crippen LogP contribution is 2.31. The maximum atomic E-state index is 11.0. The molecule has 14 heavy (non-hydrogen) atoms. The number of rotatable bonds is 2. The van der Waals surface area contributed by atoms with Gasteiger partial charge in [0.05, 0.1) is 0 Å². The van der Waals surface area contributed by atoms with Crippen LogP contribution in [0, 0.1) is 5.92 Å². The van der Waals surface area contributed by atoms with Crippen LogP contribution in [0.15, 0.2) is 0 Å². The molecule has 1 rings (SSSR count). The fraction of sp³-hybridized carbons (Fsp3) is 0.778. The Hall–Kier alpha value is -1.26. The largest absolute Gasteiger partial charge is 0.480 e. The van der Waals surface area contributed by atoms with Crippen LogP contribution in [0.2, 0.25) is 0 Å². The first-order valence-corrected chi connectivity index (χ1v) is 4.77. The molecular weight excluding hydrogens is 184 g/mol. The SMILES string of the molecule is CC1CCC(NC(N)=O)(C(=O)O)CC1. The van der Waals surface area contributed by atoms with Crippen molar-refractivity contribution in [1.29, 1.82) is 0 Å². The summed E-state index contributed by atoms with van der Waals surface area (Å²) in [6.07, 6.45) is 2.55. The van der Waals surface area contributed by atoms with E-state index in [2.05, 4.69) is 12.2 Å². The lowest BCUT2D eigenvalue weighted by Gasteiger charge is -2.35. The Labute approximate surface area is 82.7 Å². The average molecular weight is 200 g/mol. The molecule has 1 aliphatic rings. The van der Waals surface area contributed by atoms with Gasteiger partial charge in [0.25, 0.3) is 0 Å². The summed E-state index contributed by atoms with van der Waals surface area (Å²) >= 11 is 0. The molecule has 5 heteroatoms. The molecule has 0 atom stereocenters. The third-order valence-corrected chi connectivity index (χ3v) is 2.90. The molecule has 5 nitrogen and oxygen atoms in total. The van der Waals surface area contributed by atoms with E-state index in [0.717, 1.165) is 12.8 Å². The second-order valence-corrected chi connectivity index (χ2v) is 4.06. The second kappa shape index (κ2) is 3.86. The standard InChI is InChI=1S/C9H16N2O3/c1-6-2-4-9(5-3-6,7(12)13)11-8(10)14/h6H,2-5H2,1H3,(H,12,13)(H3,10,11,14). The quantitative estimate of drug-likeness (QED) is 0.612. The van der Waals surface area contributed by atoms with Crippen molar-refractivity contribution < 1.29 is 14.7 Å². The number of urea groups is 1. The summed E-state index contributed by atoms with van der Waals surface area (Å²) in [7, 11) is 0. The van der Waals surface area contributed by atoms with Crippen molar-refractivity contribution in [3.8, 4) is 0 Å². The summed E-state index contributed by atoms with van der Waals surface area (Å²) in [4.78, 5) is 21.8. The first-order chi connectivity index (χ1) is 6.46. The first-order valence-electron chi connectivity index (χ1n) is 4.77. The van der Waals surface area contributed by atoms with E-state index in [0.29, 0.717) is 18.8 Å². The molecule has 0 spiro atoms. The number of nitrogens with one attached hydrogen (secondary N) is 1. The Morgan fingerprint density at radius 2 is 1.93 bits per heavy atom. The summed E-state index contributed by atoms with van der Waals surface area (Å²) < 4.78 is 0. The van der Waals surface area contributed by atoms with Crippen LogP contribution >= 0.6 is 0 Å². The fourth-order valence-corrected chi connectivity index (χ4v) is 1.88. The third-order valence-electron chi connectivity index (χ3n) is 2.90. The number of carbonyl (C=O) groups is 2. The second-order valence-electron chi connectivity index (χ2n) is 4.06. The van der Waals surface area contributed by atoms with Crippen LogP contribution in [0.3, 0.4) is 0 Å². The predicted molar refractivity (Wildman–Crippen MR) is 50.7 cm³/mol. The van der Waals surface area contributed by atoms with Crippen molar-refractivity contribution in [2.45, 2.75) is 38.1 Å². The maximum Gasteiger partial charge on any atom is 0.329 e. The highest BCUT2D eigenvalue weighted by Gasteiger charge is 2.42. The van der Waals surface area contributed by atoms with E-state index in [1.165, 1.54) is 0 Å². The zero-order valence-electron chi connectivity index (χ0n) is 8.25. The average Bonchev–Trinajstić information content (AvgIpc) is 2.08. The van der Waals surface area contributed by atoms with Gasteiger partial charge in [0, 0.05) is 0 Å². The smallest absolute Gasteiger partial charge is 0.329 e. The van der Waals surface area contributed by atoms with Crippen LogP contribution < -0.4 is 11.1 Å². The van der Waals surface area contributed by atoms with Crippen molar-refractivity contribution in [3.63, 3.8) is 0 Å². The Kier molecular flexibility index (Phi) is 2.98. The number of carbonyl (C=O) groups excluding carboxylic acids is 1. The van der Waals surface area contributed by atoms with E-state index in [9.17, 15) is 9.59 Å². The van der Waals surface area contributed by atoms with E-state index < -0.39 is 17.5 Å². The van der Waals surface area contributed by atoms with Crippen LogP contribution in [-0.4, -0.2) is 22.6 Å². The lowest BCUT2D eigenvalue weighted by Crippen LogP contribution is -2.57.